The third-order valence-electron chi connectivity index (χ3n) is 4.79. The van der Waals surface area contributed by atoms with Gasteiger partial charge in [0.1, 0.15) is 0 Å². The van der Waals surface area contributed by atoms with E-state index in [4.69, 9.17) is 9.73 Å². The first-order valence-corrected chi connectivity index (χ1v) is 8.29. The monoisotopic (exact) mass is 268 g/mol. The van der Waals surface area contributed by atoms with Crippen LogP contribution < -0.4 is 5.32 Å². The lowest BCUT2D eigenvalue weighted by Gasteiger charge is -2.31. The Labute approximate surface area is 114 Å². The smallest absolute Gasteiger partial charge is 0.156 e. The van der Waals surface area contributed by atoms with Gasteiger partial charge in [-0.1, -0.05) is 24.6 Å². The Morgan fingerprint density at radius 2 is 2.28 bits per heavy atom. The zero-order chi connectivity index (χ0) is 12.4. The van der Waals surface area contributed by atoms with Crippen LogP contribution in [0.15, 0.2) is 4.99 Å². The molecule has 0 bridgehead atoms. The first-order valence-electron chi connectivity index (χ1n) is 7.30. The SMILES string of the molecule is CC1OCCC1CNC1=NCC2(CCCC2)CS1. The van der Waals surface area contributed by atoms with Crippen molar-refractivity contribution < 1.29 is 4.74 Å². The molecule has 2 atom stereocenters. The predicted octanol–water partition coefficient (Wildman–Crippen LogP) is 2.66. The molecule has 18 heavy (non-hydrogen) atoms. The first kappa shape index (κ1) is 12.8. The number of amidine groups is 1. The molecule has 1 spiro atoms. The zero-order valence-electron chi connectivity index (χ0n) is 11.3. The summed E-state index contributed by atoms with van der Waals surface area (Å²) >= 11 is 1.94. The van der Waals surface area contributed by atoms with Crippen molar-refractivity contribution in [1.82, 2.24) is 5.32 Å². The molecule has 1 N–H and O–H groups in total. The van der Waals surface area contributed by atoms with E-state index in [0.717, 1.165) is 19.7 Å². The zero-order valence-corrected chi connectivity index (χ0v) is 12.1. The van der Waals surface area contributed by atoms with Crippen molar-refractivity contribution in [2.24, 2.45) is 16.3 Å². The molecule has 1 aliphatic carbocycles. The van der Waals surface area contributed by atoms with Crippen molar-refractivity contribution in [1.29, 1.82) is 0 Å². The van der Waals surface area contributed by atoms with Crippen LogP contribution in [-0.4, -0.2) is 36.7 Å². The molecule has 0 amide bonds. The fourth-order valence-electron chi connectivity index (χ4n) is 3.35. The van der Waals surface area contributed by atoms with Crippen LogP contribution in [0, 0.1) is 11.3 Å². The van der Waals surface area contributed by atoms with Crippen LogP contribution in [0.2, 0.25) is 0 Å². The van der Waals surface area contributed by atoms with Gasteiger partial charge in [-0.05, 0) is 31.6 Å². The summed E-state index contributed by atoms with van der Waals surface area (Å²) in [6, 6.07) is 0. The first-order chi connectivity index (χ1) is 8.77. The highest BCUT2D eigenvalue weighted by Gasteiger charge is 2.36. The minimum absolute atomic E-state index is 0.410. The summed E-state index contributed by atoms with van der Waals surface area (Å²) < 4.78 is 5.59. The molecular weight excluding hydrogens is 244 g/mol. The molecule has 1 saturated carbocycles. The number of nitrogens with one attached hydrogen (secondary N) is 1. The molecule has 2 heterocycles. The second kappa shape index (κ2) is 5.41. The van der Waals surface area contributed by atoms with Gasteiger partial charge in [0.2, 0.25) is 0 Å². The second-order valence-corrected chi connectivity index (χ2v) is 7.09. The maximum Gasteiger partial charge on any atom is 0.156 e. The fourth-order valence-corrected chi connectivity index (χ4v) is 4.51. The van der Waals surface area contributed by atoms with Crippen LogP contribution in [-0.2, 0) is 4.74 Å². The highest BCUT2D eigenvalue weighted by Crippen LogP contribution is 2.43. The molecule has 4 heteroatoms. The molecule has 0 aromatic rings. The van der Waals surface area contributed by atoms with Crippen LogP contribution in [0.3, 0.4) is 0 Å². The van der Waals surface area contributed by atoms with Crippen molar-refractivity contribution in [3.8, 4) is 0 Å². The number of thioether (sulfide) groups is 1. The van der Waals surface area contributed by atoms with E-state index in [1.54, 1.807) is 0 Å². The number of aliphatic imine (C=N–C) groups is 1. The van der Waals surface area contributed by atoms with Gasteiger partial charge >= 0.3 is 0 Å². The molecule has 3 rings (SSSR count). The lowest BCUT2D eigenvalue weighted by atomic mass is 9.89. The molecule has 0 radical (unpaired) electrons. The van der Waals surface area contributed by atoms with Crippen molar-refractivity contribution in [3.63, 3.8) is 0 Å². The van der Waals surface area contributed by atoms with Gasteiger partial charge in [0.25, 0.3) is 0 Å². The number of ether oxygens (including phenoxy) is 1. The van der Waals surface area contributed by atoms with E-state index in [9.17, 15) is 0 Å². The van der Waals surface area contributed by atoms with Crippen LogP contribution in [0.25, 0.3) is 0 Å². The number of nitrogens with zero attached hydrogens (tertiary/aromatic N) is 1. The number of hydrogen-bond acceptors (Lipinski definition) is 4. The quantitative estimate of drug-likeness (QED) is 0.836. The number of hydrogen-bond donors (Lipinski definition) is 1. The van der Waals surface area contributed by atoms with Crippen molar-refractivity contribution in [2.45, 2.75) is 45.1 Å². The van der Waals surface area contributed by atoms with Crippen LogP contribution in [0.1, 0.15) is 39.0 Å². The van der Waals surface area contributed by atoms with E-state index in [2.05, 4.69) is 12.2 Å². The van der Waals surface area contributed by atoms with Gasteiger partial charge in [-0.3, -0.25) is 4.99 Å². The molecule has 0 aromatic carbocycles. The average molecular weight is 268 g/mol. The van der Waals surface area contributed by atoms with Crippen LogP contribution in [0.5, 0.6) is 0 Å². The summed E-state index contributed by atoms with van der Waals surface area (Å²) in [7, 11) is 0. The van der Waals surface area contributed by atoms with Gasteiger partial charge in [-0.25, -0.2) is 0 Å². The third-order valence-corrected chi connectivity index (χ3v) is 6.09. The predicted molar refractivity (Wildman–Crippen MR) is 77.2 cm³/mol. The summed E-state index contributed by atoms with van der Waals surface area (Å²) in [6.07, 6.45) is 7.21. The topological polar surface area (TPSA) is 33.6 Å². The standard InChI is InChI=1S/C14H24N2OS/c1-11-12(4-7-17-11)8-15-13-16-9-14(10-18-13)5-2-3-6-14/h11-12H,2-10H2,1H3,(H,15,16). The molecule has 102 valence electrons. The highest BCUT2D eigenvalue weighted by atomic mass is 32.2. The summed E-state index contributed by atoms with van der Waals surface area (Å²) in [5.74, 6) is 1.94. The van der Waals surface area contributed by atoms with Gasteiger partial charge in [-0.15, -0.1) is 0 Å². The van der Waals surface area contributed by atoms with Gasteiger partial charge in [-0.2, -0.15) is 0 Å². The molecule has 1 saturated heterocycles. The molecule has 2 fully saturated rings. The van der Waals surface area contributed by atoms with E-state index < -0.39 is 0 Å². The Hall–Kier alpha value is -0.220. The Morgan fingerprint density at radius 1 is 1.44 bits per heavy atom. The van der Waals surface area contributed by atoms with E-state index in [0.29, 0.717) is 17.4 Å². The van der Waals surface area contributed by atoms with E-state index in [1.807, 2.05) is 11.8 Å². The summed E-state index contributed by atoms with van der Waals surface area (Å²) in [5.41, 5.74) is 0.555. The molecule has 2 aliphatic heterocycles. The second-order valence-electron chi connectivity index (χ2n) is 6.12. The van der Waals surface area contributed by atoms with E-state index in [1.165, 1.54) is 43.0 Å². The molecule has 3 aliphatic rings. The van der Waals surface area contributed by atoms with Crippen molar-refractivity contribution in [2.75, 3.05) is 25.4 Å². The van der Waals surface area contributed by atoms with Crippen molar-refractivity contribution in [3.05, 3.63) is 0 Å². The van der Waals surface area contributed by atoms with Crippen LogP contribution in [0.4, 0.5) is 0 Å². The lowest BCUT2D eigenvalue weighted by Crippen LogP contribution is -2.36. The summed E-state index contributed by atoms with van der Waals surface area (Å²) in [5, 5.41) is 4.71. The van der Waals surface area contributed by atoms with Gasteiger partial charge in [0, 0.05) is 31.4 Å². The normalized spacial score (nSPS) is 34.8. The van der Waals surface area contributed by atoms with Crippen molar-refractivity contribution >= 4 is 16.9 Å². The number of rotatable bonds is 2. The Bertz CT molecular complexity index is 326. The molecule has 2 unspecified atom stereocenters. The molecule has 3 nitrogen and oxygen atoms in total. The third kappa shape index (κ3) is 2.69. The largest absolute Gasteiger partial charge is 0.378 e. The summed E-state index contributed by atoms with van der Waals surface area (Å²) in [6.45, 7) is 5.19. The molecular formula is C14H24N2OS. The van der Waals surface area contributed by atoms with Crippen LogP contribution >= 0.6 is 11.8 Å². The summed E-state index contributed by atoms with van der Waals surface area (Å²) in [4.78, 5) is 4.78. The minimum Gasteiger partial charge on any atom is -0.378 e. The van der Waals surface area contributed by atoms with Gasteiger partial charge in [0.15, 0.2) is 5.17 Å². The van der Waals surface area contributed by atoms with Gasteiger partial charge < -0.3 is 10.1 Å². The highest BCUT2D eigenvalue weighted by molar-refractivity contribution is 8.13. The lowest BCUT2D eigenvalue weighted by molar-refractivity contribution is 0.106. The minimum atomic E-state index is 0.410. The fraction of sp³-hybridized carbons (Fsp3) is 0.929. The van der Waals surface area contributed by atoms with Gasteiger partial charge in [0.05, 0.1) is 6.10 Å². The Kier molecular flexibility index (Phi) is 3.85. The maximum atomic E-state index is 5.59. The maximum absolute atomic E-state index is 5.59. The van der Waals surface area contributed by atoms with E-state index in [-0.39, 0.29) is 0 Å². The van der Waals surface area contributed by atoms with E-state index >= 15 is 0 Å². The average Bonchev–Trinajstić information content (AvgIpc) is 2.99. The Morgan fingerprint density at radius 3 is 2.89 bits per heavy atom. The molecule has 0 aromatic heterocycles. The Balaban J connectivity index is 1.48.